The van der Waals surface area contributed by atoms with E-state index in [1.165, 1.54) is 31.5 Å². The monoisotopic (exact) mass is 814 g/mol. The van der Waals surface area contributed by atoms with Crippen LogP contribution in [-0.4, -0.2) is 36.6 Å². The molecular formula is C53H34N6SSi. The first-order valence-corrected chi connectivity index (χ1v) is 23.4. The lowest BCUT2D eigenvalue weighted by Gasteiger charge is -2.34. The molecule has 6 aromatic heterocycles. The van der Waals surface area contributed by atoms with Crippen molar-refractivity contribution in [3.05, 3.63) is 206 Å². The fourth-order valence-electron chi connectivity index (χ4n) is 9.84. The number of fused-ring (bicyclic) bond motifs is 11. The van der Waals surface area contributed by atoms with E-state index in [2.05, 4.69) is 220 Å². The molecule has 0 saturated heterocycles. The molecule has 0 N–H and O–H groups in total. The third-order valence-electron chi connectivity index (χ3n) is 12.4. The van der Waals surface area contributed by atoms with Crippen LogP contribution >= 0.6 is 11.3 Å². The number of imidazole rings is 2. The Morgan fingerprint density at radius 3 is 1.39 bits per heavy atom. The van der Waals surface area contributed by atoms with Crippen LogP contribution in [0.4, 0.5) is 0 Å². The van der Waals surface area contributed by atoms with Gasteiger partial charge in [0.1, 0.15) is 22.7 Å². The summed E-state index contributed by atoms with van der Waals surface area (Å²) in [7, 11) is -2.77. The Kier molecular flexibility index (Phi) is 7.39. The summed E-state index contributed by atoms with van der Waals surface area (Å²) in [5.74, 6) is 2.51. The summed E-state index contributed by atoms with van der Waals surface area (Å²) in [6.07, 6.45) is 0. The average Bonchev–Trinajstić information content (AvgIpc) is 4.07. The summed E-state index contributed by atoms with van der Waals surface area (Å²) >= 11 is 1.73. The van der Waals surface area contributed by atoms with Crippen LogP contribution in [0, 0.1) is 0 Å². The number of nitrogens with zero attached hydrogens (tertiary/aromatic N) is 6. The summed E-state index contributed by atoms with van der Waals surface area (Å²) in [4.78, 5) is 16.2. The maximum atomic E-state index is 5.45. The Hall–Kier alpha value is -7.65. The minimum atomic E-state index is -2.77. The van der Waals surface area contributed by atoms with Crippen molar-refractivity contribution in [1.29, 1.82) is 0 Å². The second-order valence-corrected chi connectivity index (χ2v) is 20.5. The van der Waals surface area contributed by atoms with E-state index in [0.717, 1.165) is 70.9 Å². The zero-order valence-corrected chi connectivity index (χ0v) is 34.5. The molecule has 13 rings (SSSR count). The van der Waals surface area contributed by atoms with Gasteiger partial charge in [-0.05, 0) is 81.4 Å². The van der Waals surface area contributed by atoms with Crippen LogP contribution in [0.1, 0.15) is 0 Å². The Labute approximate surface area is 354 Å². The molecule has 0 spiro atoms. The van der Waals surface area contributed by atoms with Crippen LogP contribution in [0.3, 0.4) is 0 Å². The van der Waals surface area contributed by atoms with Gasteiger partial charge in [0.15, 0.2) is 8.07 Å². The van der Waals surface area contributed by atoms with Gasteiger partial charge in [-0.3, -0.25) is 13.5 Å². The van der Waals surface area contributed by atoms with Gasteiger partial charge in [0.25, 0.3) is 0 Å². The topological polar surface area (TPSA) is 52.9 Å². The molecule has 8 heteroatoms. The highest BCUT2D eigenvalue weighted by molar-refractivity contribution is 7.25. The molecule has 7 aromatic carbocycles. The maximum Gasteiger partial charge on any atom is 0.221 e. The van der Waals surface area contributed by atoms with Crippen LogP contribution in [-0.2, 0) is 0 Å². The van der Waals surface area contributed by atoms with Gasteiger partial charge in [0.2, 0.25) is 5.78 Å². The van der Waals surface area contributed by atoms with Crippen molar-refractivity contribution in [3.8, 4) is 11.6 Å². The fourth-order valence-corrected chi connectivity index (χ4v) is 15.6. The van der Waals surface area contributed by atoms with Gasteiger partial charge in [0, 0.05) is 10.8 Å². The van der Waals surface area contributed by atoms with Gasteiger partial charge < -0.3 is 0 Å². The lowest BCUT2D eigenvalue weighted by atomic mass is 10.2. The standard InChI is InChI=1S/C53H34N6SSi/c1-4-16-35(17-5-1)61(36-18-6-2-7-19-36,37-20-8-3-9-21-37)38-28-29-41-46(34-38)58-44-26-14-15-27-45(44)59(53(58)54-41)50-33-31-48-52(56-50)51-47(60-48)30-32-49(55-51)57-42-24-12-10-22-39(42)40-23-11-13-25-43(40)57/h1-34H. The predicted octanol–water partition coefficient (Wildman–Crippen LogP) is 10.1. The van der Waals surface area contributed by atoms with Crippen molar-refractivity contribution < 1.29 is 0 Å². The van der Waals surface area contributed by atoms with Gasteiger partial charge in [-0.25, -0.2) is 15.0 Å². The Morgan fingerprint density at radius 2 is 0.836 bits per heavy atom. The summed E-state index contributed by atoms with van der Waals surface area (Å²) in [6, 6.07) is 74.6. The van der Waals surface area contributed by atoms with Crippen LogP contribution in [0.25, 0.3) is 81.7 Å². The van der Waals surface area contributed by atoms with Crippen LogP contribution < -0.4 is 20.7 Å². The zero-order chi connectivity index (χ0) is 40.1. The third kappa shape index (κ3) is 4.91. The lowest BCUT2D eigenvalue weighted by Crippen LogP contribution is -2.74. The molecule has 6 heterocycles. The van der Waals surface area contributed by atoms with Crippen molar-refractivity contribution >= 4 is 110 Å². The smallest absolute Gasteiger partial charge is 0.221 e. The van der Waals surface area contributed by atoms with E-state index in [4.69, 9.17) is 15.0 Å². The number of para-hydroxylation sites is 4. The molecule has 61 heavy (non-hydrogen) atoms. The van der Waals surface area contributed by atoms with Crippen molar-refractivity contribution in [2.75, 3.05) is 0 Å². The molecular weight excluding hydrogens is 781 g/mol. The maximum absolute atomic E-state index is 5.45. The molecule has 286 valence electrons. The number of aromatic nitrogens is 6. The van der Waals surface area contributed by atoms with Gasteiger partial charge >= 0.3 is 0 Å². The largest absolute Gasteiger partial charge is 0.294 e. The first-order chi connectivity index (χ1) is 30.3. The molecule has 0 saturated carbocycles. The highest BCUT2D eigenvalue weighted by Gasteiger charge is 2.41. The summed E-state index contributed by atoms with van der Waals surface area (Å²) in [5, 5.41) is 7.75. The highest BCUT2D eigenvalue weighted by Crippen LogP contribution is 2.37. The van der Waals surface area contributed by atoms with Crippen molar-refractivity contribution in [2.24, 2.45) is 0 Å². The van der Waals surface area contributed by atoms with E-state index in [-0.39, 0.29) is 0 Å². The van der Waals surface area contributed by atoms with Gasteiger partial charge in [0.05, 0.1) is 42.5 Å². The van der Waals surface area contributed by atoms with E-state index in [1.807, 2.05) is 0 Å². The molecule has 0 amide bonds. The number of pyridine rings is 2. The highest BCUT2D eigenvalue weighted by atomic mass is 32.1. The van der Waals surface area contributed by atoms with Gasteiger partial charge in [-0.1, -0.05) is 146 Å². The third-order valence-corrected chi connectivity index (χ3v) is 18.3. The van der Waals surface area contributed by atoms with Gasteiger partial charge in [-0.15, -0.1) is 11.3 Å². The van der Waals surface area contributed by atoms with Crippen molar-refractivity contribution in [2.45, 2.75) is 0 Å². The molecule has 0 aliphatic heterocycles. The first kappa shape index (κ1) is 34.2. The Balaban J connectivity index is 1.04. The van der Waals surface area contributed by atoms with E-state index in [9.17, 15) is 0 Å². The van der Waals surface area contributed by atoms with E-state index in [0.29, 0.717) is 0 Å². The normalized spacial score (nSPS) is 12.3. The summed E-state index contributed by atoms with van der Waals surface area (Å²) in [5.41, 5.74) is 8.19. The molecule has 0 aliphatic rings. The molecule has 0 unspecified atom stereocenters. The summed E-state index contributed by atoms with van der Waals surface area (Å²) < 4.78 is 9.01. The van der Waals surface area contributed by atoms with E-state index >= 15 is 0 Å². The first-order valence-electron chi connectivity index (χ1n) is 20.5. The molecule has 0 bridgehead atoms. The van der Waals surface area contributed by atoms with E-state index in [1.54, 1.807) is 11.3 Å². The number of benzene rings is 7. The van der Waals surface area contributed by atoms with Crippen LogP contribution in [0.2, 0.25) is 0 Å². The number of rotatable bonds is 6. The van der Waals surface area contributed by atoms with Crippen molar-refractivity contribution in [1.82, 2.24) is 28.5 Å². The molecule has 0 fully saturated rings. The molecule has 0 radical (unpaired) electrons. The molecule has 13 aromatic rings. The number of hydrogen-bond acceptors (Lipinski definition) is 4. The fraction of sp³-hybridized carbons (Fsp3) is 0. The zero-order valence-electron chi connectivity index (χ0n) is 32.7. The minimum absolute atomic E-state index is 0.805. The van der Waals surface area contributed by atoms with Crippen molar-refractivity contribution in [3.63, 3.8) is 0 Å². The SMILES string of the molecule is c1ccc([Si](c2ccccc2)(c2ccccc2)c2ccc3nc4n(-c5ccc6sc7ccc(-n8c9ccccc9c9ccccc98)nc7c6n5)c5ccccc5n4c3c2)cc1. The Bertz CT molecular complexity index is 3680. The summed E-state index contributed by atoms with van der Waals surface area (Å²) in [6.45, 7) is 0. The number of thiophene rings is 1. The average molecular weight is 815 g/mol. The predicted molar refractivity (Wildman–Crippen MR) is 256 cm³/mol. The second-order valence-electron chi connectivity index (χ2n) is 15.6. The Morgan fingerprint density at radius 1 is 0.361 bits per heavy atom. The minimum Gasteiger partial charge on any atom is -0.294 e. The van der Waals surface area contributed by atoms with Gasteiger partial charge in [-0.2, -0.15) is 0 Å². The van der Waals surface area contributed by atoms with Crippen LogP contribution in [0.15, 0.2) is 206 Å². The quantitative estimate of drug-likeness (QED) is 0.124. The second kappa shape index (κ2) is 13.2. The molecule has 0 aliphatic carbocycles. The molecule has 6 nitrogen and oxygen atoms in total. The molecule has 0 atom stereocenters. The number of hydrogen-bond donors (Lipinski definition) is 0. The van der Waals surface area contributed by atoms with Crippen LogP contribution in [0.5, 0.6) is 0 Å². The van der Waals surface area contributed by atoms with E-state index < -0.39 is 8.07 Å². The lowest BCUT2D eigenvalue weighted by molar-refractivity contribution is 1.06.